The van der Waals surface area contributed by atoms with Crippen LogP contribution < -0.4 is 11.3 Å². The molecule has 1 fully saturated rings. The van der Waals surface area contributed by atoms with Crippen LogP contribution in [-0.2, 0) is 6.42 Å². The molecule has 116 valence electrons. The van der Waals surface area contributed by atoms with Crippen molar-refractivity contribution in [1.82, 2.24) is 10.4 Å². The molecule has 3 rings (SSSR count). The van der Waals surface area contributed by atoms with Crippen molar-refractivity contribution >= 4 is 0 Å². The van der Waals surface area contributed by atoms with Gasteiger partial charge in [-0.2, -0.15) is 0 Å². The third kappa shape index (κ3) is 2.74. The Morgan fingerprint density at radius 3 is 2.81 bits per heavy atom. The molecule has 2 unspecified atom stereocenters. The molecule has 2 aliphatic rings. The maximum Gasteiger partial charge on any atom is 0.0482 e. The summed E-state index contributed by atoms with van der Waals surface area (Å²) in [7, 11) is 0. The number of fused-ring (bicyclic) bond motifs is 1. The van der Waals surface area contributed by atoms with Crippen LogP contribution in [-0.4, -0.2) is 11.0 Å². The molecule has 21 heavy (non-hydrogen) atoms. The monoisotopic (exact) mass is 287 g/mol. The maximum absolute atomic E-state index is 6.07. The van der Waals surface area contributed by atoms with Gasteiger partial charge in [-0.05, 0) is 55.1 Å². The molecule has 1 heterocycles. The zero-order chi connectivity index (χ0) is 14.9. The molecule has 3 N–H and O–H groups in total. The molecule has 1 saturated carbocycles. The average Bonchev–Trinajstić information content (AvgIpc) is 3.08. The lowest BCUT2D eigenvalue weighted by atomic mass is 9.68. The van der Waals surface area contributed by atoms with Gasteiger partial charge in [0.05, 0.1) is 0 Å². The fraction of sp³-hybridized carbons (Fsp3) is 0.722. The van der Waals surface area contributed by atoms with Crippen molar-refractivity contribution < 1.29 is 0 Å². The lowest BCUT2D eigenvalue weighted by Gasteiger charge is -2.42. The van der Waals surface area contributed by atoms with Gasteiger partial charge in [0, 0.05) is 23.9 Å². The van der Waals surface area contributed by atoms with Gasteiger partial charge in [-0.3, -0.25) is 16.3 Å². The number of nitrogens with one attached hydrogen (secondary N) is 1. The molecule has 0 aromatic carbocycles. The SMILES string of the molecule is CC(C)CC1(C(NN)C2CCc3cccnc32)CCCC1. The summed E-state index contributed by atoms with van der Waals surface area (Å²) in [6.07, 6.45) is 10.9. The molecule has 3 heteroatoms. The van der Waals surface area contributed by atoms with Crippen LogP contribution in [0.3, 0.4) is 0 Å². The summed E-state index contributed by atoms with van der Waals surface area (Å²) in [6, 6.07) is 4.67. The third-order valence-corrected chi connectivity index (χ3v) is 5.66. The Morgan fingerprint density at radius 1 is 1.38 bits per heavy atom. The summed E-state index contributed by atoms with van der Waals surface area (Å²) in [4.78, 5) is 4.70. The number of aryl methyl sites for hydroxylation is 1. The fourth-order valence-electron chi connectivity index (χ4n) is 5.02. The highest BCUT2D eigenvalue weighted by atomic mass is 15.2. The van der Waals surface area contributed by atoms with E-state index >= 15 is 0 Å². The van der Waals surface area contributed by atoms with E-state index in [1.807, 2.05) is 6.20 Å². The number of hydrogen-bond donors (Lipinski definition) is 2. The fourth-order valence-corrected chi connectivity index (χ4v) is 5.02. The second kappa shape index (κ2) is 6.05. The van der Waals surface area contributed by atoms with Crippen LogP contribution >= 0.6 is 0 Å². The van der Waals surface area contributed by atoms with Crippen LogP contribution in [0.1, 0.15) is 69.5 Å². The summed E-state index contributed by atoms with van der Waals surface area (Å²) in [5, 5.41) is 0. The van der Waals surface area contributed by atoms with Gasteiger partial charge in [-0.15, -0.1) is 0 Å². The summed E-state index contributed by atoms with van der Waals surface area (Å²) < 4.78 is 0. The van der Waals surface area contributed by atoms with Crippen molar-refractivity contribution in [3.63, 3.8) is 0 Å². The van der Waals surface area contributed by atoms with Crippen LogP contribution in [0.2, 0.25) is 0 Å². The topological polar surface area (TPSA) is 50.9 Å². The highest BCUT2D eigenvalue weighted by Gasteiger charge is 2.46. The van der Waals surface area contributed by atoms with Crippen molar-refractivity contribution in [2.75, 3.05) is 0 Å². The Labute approximate surface area is 128 Å². The van der Waals surface area contributed by atoms with E-state index in [1.165, 1.54) is 49.8 Å². The highest BCUT2D eigenvalue weighted by Crippen LogP contribution is 2.51. The molecule has 3 nitrogen and oxygen atoms in total. The molecular formula is C18H29N3. The highest BCUT2D eigenvalue weighted by molar-refractivity contribution is 5.31. The van der Waals surface area contributed by atoms with Crippen molar-refractivity contribution in [2.45, 2.75) is 70.8 Å². The number of pyridine rings is 1. The second-order valence-electron chi connectivity index (χ2n) is 7.50. The van der Waals surface area contributed by atoms with Crippen molar-refractivity contribution in [2.24, 2.45) is 17.2 Å². The van der Waals surface area contributed by atoms with Crippen LogP contribution in [0.15, 0.2) is 18.3 Å². The van der Waals surface area contributed by atoms with E-state index in [4.69, 9.17) is 10.8 Å². The molecule has 2 aliphatic carbocycles. The van der Waals surface area contributed by atoms with E-state index in [2.05, 4.69) is 31.4 Å². The van der Waals surface area contributed by atoms with Gasteiger partial charge in [0.2, 0.25) is 0 Å². The molecule has 0 radical (unpaired) electrons. The first kappa shape index (κ1) is 15.0. The van der Waals surface area contributed by atoms with Crippen LogP contribution in [0.5, 0.6) is 0 Å². The minimum absolute atomic E-state index is 0.368. The van der Waals surface area contributed by atoms with Gasteiger partial charge < -0.3 is 0 Å². The molecule has 1 aromatic heterocycles. The lowest BCUT2D eigenvalue weighted by Crippen LogP contribution is -2.51. The number of nitrogens with two attached hydrogens (primary N) is 1. The zero-order valence-electron chi connectivity index (χ0n) is 13.4. The zero-order valence-corrected chi connectivity index (χ0v) is 13.4. The van der Waals surface area contributed by atoms with Crippen molar-refractivity contribution in [1.29, 1.82) is 0 Å². The van der Waals surface area contributed by atoms with Crippen LogP contribution in [0.4, 0.5) is 0 Å². The van der Waals surface area contributed by atoms with E-state index in [0.717, 1.165) is 12.3 Å². The largest absolute Gasteiger partial charge is 0.271 e. The van der Waals surface area contributed by atoms with Crippen molar-refractivity contribution in [3.8, 4) is 0 Å². The minimum Gasteiger partial charge on any atom is -0.271 e. The lowest BCUT2D eigenvalue weighted by molar-refractivity contribution is 0.132. The summed E-state index contributed by atoms with van der Waals surface area (Å²) in [5.74, 6) is 7.29. The number of hydrazine groups is 1. The van der Waals surface area contributed by atoms with Gasteiger partial charge in [0.1, 0.15) is 0 Å². The first-order chi connectivity index (χ1) is 10.2. The Bertz CT molecular complexity index is 477. The van der Waals surface area contributed by atoms with Gasteiger partial charge in [0.15, 0.2) is 0 Å². The van der Waals surface area contributed by atoms with E-state index in [0.29, 0.717) is 17.4 Å². The van der Waals surface area contributed by atoms with Crippen LogP contribution in [0.25, 0.3) is 0 Å². The molecule has 2 atom stereocenters. The van der Waals surface area contributed by atoms with Gasteiger partial charge >= 0.3 is 0 Å². The molecule has 0 aliphatic heterocycles. The Kier molecular flexibility index (Phi) is 4.32. The molecule has 0 amide bonds. The van der Waals surface area contributed by atoms with Gasteiger partial charge in [0.25, 0.3) is 0 Å². The number of nitrogens with zero attached hydrogens (tertiary/aromatic N) is 1. The maximum atomic E-state index is 6.07. The van der Waals surface area contributed by atoms with E-state index < -0.39 is 0 Å². The summed E-state index contributed by atoms with van der Waals surface area (Å²) >= 11 is 0. The van der Waals surface area contributed by atoms with Gasteiger partial charge in [-0.1, -0.05) is 32.8 Å². The van der Waals surface area contributed by atoms with Crippen molar-refractivity contribution in [3.05, 3.63) is 29.6 Å². The number of hydrogen-bond acceptors (Lipinski definition) is 3. The normalized spacial score (nSPS) is 25.2. The number of rotatable bonds is 5. The predicted octanol–water partition coefficient (Wildman–Crippen LogP) is 3.55. The first-order valence-corrected chi connectivity index (χ1v) is 8.56. The molecular weight excluding hydrogens is 258 g/mol. The Balaban J connectivity index is 1.91. The Morgan fingerprint density at radius 2 is 2.14 bits per heavy atom. The third-order valence-electron chi connectivity index (χ3n) is 5.66. The molecule has 0 bridgehead atoms. The summed E-state index contributed by atoms with van der Waals surface area (Å²) in [5.41, 5.74) is 6.33. The quantitative estimate of drug-likeness (QED) is 0.643. The molecule has 1 aromatic rings. The van der Waals surface area contributed by atoms with Gasteiger partial charge in [-0.25, -0.2) is 0 Å². The number of aromatic nitrogens is 1. The standard InChI is InChI=1S/C18H29N3/c1-13(2)12-18(9-3-4-10-18)17(21-19)15-8-7-14-6-5-11-20-16(14)15/h5-6,11,13,15,17,21H,3-4,7-10,12,19H2,1-2H3. The van der Waals surface area contributed by atoms with E-state index in [-0.39, 0.29) is 0 Å². The molecule has 0 spiro atoms. The van der Waals surface area contributed by atoms with E-state index in [1.54, 1.807) is 0 Å². The molecule has 0 saturated heterocycles. The first-order valence-electron chi connectivity index (χ1n) is 8.56. The second-order valence-corrected chi connectivity index (χ2v) is 7.50. The average molecular weight is 287 g/mol. The summed E-state index contributed by atoms with van der Waals surface area (Å²) in [6.45, 7) is 4.68. The van der Waals surface area contributed by atoms with Crippen LogP contribution in [0, 0.1) is 11.3 Å². The smallest absolute Gasteiger partial charge is 0.0482 e. The van der Waals surface area contributed by atoms with E-state index in [9.17, 15) is 0 Å². The minimum atomic E-state index is 0.368. The Hall–Kier alpha value is -0.930. The predicted molar refractivity (Wildman–Crippen MR) is 86.8 cm³/mol.